The van der Waals surface area contributed by atoms with Crippen molar-refractivity contribution in [3.05, 3.63) is 42.6 Å². The van der Waals surface area contributed by atoms with Gasteiger partial charge in [0.05, 0.1) is 11.9 Å². The topological polar surface area (TPSA) is 46.9 Å². The molecule has 0 radical (unpaired) electrons. The van der Waals surface area contributed by atoms with Crippen molar-refractivity contribution >= 4 is 11.7 Å². The molecule has 1 N–H and O–H groups in total. The quantitative estimate of drug-likeness (QED) is 0.853. The molecule has 1 amide bonds. The molecule has 1 heterocycles. The number of para-hydroxylation sites is 1. The Morgan fingerprint density at radius 3 is 2.75 bits per heavy atom. The van der Waals surface area contributed by atoms with E-state index < -0.39 is 0 Å². The van der Waals surface area contributed by atoms with E-state index in [1.165, 1.54) is 0 Å². The highest BCUT2D eigenvalue weighted by atomic mass is 16.1. The minimum absolute atomic E-state index is 0.0160. The van der Waals surface area contributed by atoms with E-state index in [0.717, 1.165) is 5.69 Å². The first-order chi connectivity index (χ1) is 7.81. The first kappa shape index (κ1) is 10.4. The molecule has 1 aromatic carbocycles. The average molecular weight is 215 g/mol. The number of rotatable bonds is 3. The van der Waals surface area contributed by atoms with Crippen molar-refractivity contribution in [2.75, 3.05) is 5.32 Å². The first-order valence-corrected chi connectivity index (χ1v) is 5.20. The Morgan fingerprint density at radius 2 is 2.06 bits per heavy atom. The van der Waals surface area contributed by atoms with Gasteiger partial charge in [0.25, 0.3) is 0 Å². The number of amides is 1. The molecule has 0 aliphatic carbocycles. The standard InChI is InChI=1S/C12H13N3O/c1-2-12(16)14-11-8-9-13-15(11)10-6-4-3-5-7-10/h3-9H,2H2,1H3,(H,14,16). The van der Waals surface area contributed by atoms with Gasteiger partial charge in [-0.05, 0) is 12.1 Å². The number of carbonyl (C=O) groups is 1. The minimum Gasteiger partial charge on any atom is -0.311 e. The summed E-state index contributed by atoms with van der Waals surface area (Å²) >= 11 is 0. The molecule has 2 rings (SSSR count). The Hall–Kier alpha value is -2.10. The van der Waals surface area contributed by atoms with Gasteiger partial charge in [-0.25, -0.2) is 4.68 Å². The molecule has 0 unspecified atom stereocenters. The summed E-state index contributed by atoms with van der Waals surface area (Å²) in [5.74, 6) is 0.677. The summed E-state index contributed by atoms with van der Waals surface area (Å²) in [4.78, 5) is 11.3. The normalized spacial score (nSPS) is 10.1. The molecule has 0 saturated carbocycles. The molecule has 4 heteroatoms. The number of aromatic nitrogens is 2. The molecule has 0 saturated heterocycles. The highest BCUT2D eigenvalue weighted by molar-refractivity contribution is 5.89. The van der Waals surface area contributed by atoms with Crippen LogP contribution in [0.2, 0.25) is 0 Å². The number of hydrogen-bond donors (Lipinski definition) is 1. The molecule has 2 aromatic rings. The van der Waals surface area contributed by atoms with Crippen LogP contribution < -0.4 is 5.32 Å². The van der Waals surface area contributed by atoms with Crippen molar-refractivity contribution in [3.8, 4) is 5.69 Å². The van der Waals surface area contributed by atoms with Crippen LogP contribution in [0.5, 0.6) is 0 Å². The van der Waals surface area contributed by atoms with E-state index >= 15 is 0 Å². The molecule has 0 fully saturated rings. The van der Waals surface area contributed by atoms with E-state index in [0.29, 0.717) is 12.2 Å². The maximum atomic E-state index is 11.3. The average Bonchev–Trinajstić information content (AvgIpc) is 2.78. The molecule has 0 bridgehead atoms. The lowest BCUT2D eigenvalue weighted by molar-refractivity contribution is -0.115. The summed E-state index contributed by atoms with van der Waals surface area (Å²) in [5.41, 5.74) is 0.930. The Morgan fingerprint density at radius 1 is 1.31 bits per heavy atom. The smallest absolute Gasteiger partial charge is 0.225 e. The molecule has 16 heavy (non-hydrogen) atoms. The van der Waals surface area contributed by atoms with Crippen LogP contribution >= 0.6 is 0 Å². The predicted octanol–water partition coefficient (Wildman–Crippen LogP) is 2.22. The van der Waals surface area contributed by atoms with Crippen molar-refractivity contribution in [3.63, 3.8) is 0 Å². The van der Waals surface area contributed by atoms with Gasteiger partial charge in [-0.2, -0.15) is 5.10 Å². The zero-order valence-electron chi connectivity index (χ0n) is 9.05. The summed E-state index contributed by atoms with van der Waals surface area (Å²) in [6, 6.07) is 11.5. The zero-order chi connectivity index (χ0) is 11.4. The van der Waals surface area contributed by atoms with Crippen LogP contribution in [0, 0.1) is 0 Å². The number of carbonyl (C=O) groups excluding carboxylic acids is 1. The molecule has 0 spiro atoms. The molecular weight excluding hydrogens is 202 g/mol. The van der Waals surface area contributed by atoms with E-state index in [9.17, 15) is 4.79 Å². The Labute approximate surface area is 93.9 Å². The van der Waals surface area contributed by atoms with Crippen LogP contribution in [0.4, 0.5) is 5.82 Å². The van der Waals surface area contributed by atoms with Gasteiger partial charge in [-0.3, -0.25) is 4.79 Å². The second kappa shape index (κ2) is 4.61. The SMILES string of the molecule is CCC(=O)Nc1ccnn1-c1ccccc1. The van der Waals surface area contributed by atoms with Crippen molar-refractivity contribution in [2.24, 2.45) is 0 Å². The fraction of sp³-hybridized carbons (Fsp3) is 0.167. The molecule has 0 aliphatic rings. The van der Waals surface area contributed by atoms with Gasteiger partial charge in [0.1, 0.15) is 5.82 Å². The Balaban J connectivity index is 2.29. The number of hydrogen-bond acceptors (Lipinski definition) is 2. The van der Waals surface area contributed by atoms with Gasteiger partial charge in [-0.15, -0.1) is 0 Å². The summed E-state index contributed by atoms with van der Waals surface area (Å²) in [6.07, 6.45) is 2.12. The molecule has 4 nitrogen and oxygen atoms in total. The van der Waals surface area contributed by atoms with Crippen LogP contribution in [0.1, 0.15) is 13.3 Å². The molecule has 0 atom stereocenters. The van der Waals surface area contributed by atoms with Crippen LogP contribution in [-0.2, 0) is 4.79 Å². The monoisotopic (exact) mass is 215 g/mol. The second-order valence-corrected chi connectivity index (χ2v) is 3.37. The van der Waals surface area contributed by atoms with Crippen molar-refractivity contribution < 1.29 is 4.79 Å². The number of anilines is 1. The number of nitrogens with zero attached hydrogens (tertiary/aromatic N) is 2. The van der Waals surface area contributed by atoms with Gasteiger partial charge in [-0.1, -0.05) is 25.1 Å². The summed E-state index contributed by atoms with van der Waals surface area (Å²) in [5, 5.41) is 6.98. The van der Waals surface area contributed by atoms with E-state index in [1.54, 1.807) is 16.9 Å². The fourth-order valence-corrected chi connectivity index (χ4v) is 1.40. The fourth-order valence-electron chi connectivity index (χ4n) is 1.40. The molecule has 82 valence electrons. The lowest BCUT2D eigenvalue weighted by atomic mass is 10.3. The highest BCUT2D eigenvalue weighted by Gasteiger charge is 2.06. The van der Waals surface area contributed by atoms with Gasteiger partial charge in [0, 0.05) is 12.5 Å². The number of nitrogens with one attached hydrogen (secondary N) is 1. The summed E-state index contributed by atoms with van der Waals surface area (Å²) in [6.45, 7) is 1.82. The van der Waals surface area contributed by atoms with Crippen molar-refractivity contribution in [2.45, 2.75) is 13.3 Å². The van der Waals surface area contributed by atoms with Gasteiger partial charge >= 0.3 is 0 Å². The van der Waals surface area contributed by atoms with Crippen molar-refractivity contribution in [1.29, 1.82) is 0 Å². The molecular formula is C12H13N3O. The maximum Gasteiger partial charge on any atom is 0.225 e. The highest BCUT2D eigenvalue weighted by Crippen LogP contribution is 2.14. The Kier molecular flexibility index (Phi) is 3.00. The van der Waals surface area contributed by atoms with Crippen LogP contribution in [0.25, 0.3) is 5.69 Å². The summed E-state index contributed by atoms with van der Waals surface area (Å²) < 4.78 is 1.70. The van der Waals surface area contributed by atoms with Crippen LogP contribution in [0.15, 0.2) is 42.6 Å². The number of benzene rings is 1. The van der Waals surface area contributed by atoms with Crippen molar-refractivity contribution in [1.82, 2.24) is 9.78 Å². The third kappa shape index (κ3) is 2.11. The Bertz CT molecular complexity index is 476. The third-order valence-electron chi connectivity index (χ3n) is 2.23. The zero-order valence-corrected chi connectivity index (χ0v) is 9.05. The third-order valence-corrected chi connectivity index (χ3v) is 2.23. The van der Waals surface area contributed by atoms with Gasteiger partial charge < -0.3 is 5.32 Å². The lowest BCUT2D eigenvalue weighted by Gasteiger charge is -2.07. The van der Waals surface area contributed by atoms with E-state index in [-0.39, 0.29) is 5.91 Å². The largest absolute Gasteiger partial charge is 0.311 e. The van der Waals surface area contributed by atoms with E-state index in [2.05, 4.69) is 10.4 Å². The van der Waals surface area contributed by atoms with Crippen LogP contribution in [0.3, 0.4) is 0 Å². The molecule has 0 aliphatic heterocycles. The maximum absolute atomic E-state index is 11.3. The summed E-state index contributed by atoms with van der Waals surface area (Å²) in [7, 11) is 0. The predicted molar refractivity (Wildman–Crippen MR) is 62.5 cm³/mol. The molecule has 1 aromatic heterocycles. The van der Waals surface area contributed by atoms with Gasteiger partial charge in [0.2, 0.25) is 5.91 Å². The lowest BCUT2D eigenvalue weighted by Crippen LogP contribution is -2.13. The van der Waals surface area contributed by atoms with E-state index in [4.69, 9.17) is 0 Å². The first-order valence-electron chi connectivity index (χ1n) is 5.20. The van der Waals surface area contributed by atoms with Crippen LogP contribution in [-0.4, -0.2) is 15.7 Å². The van der Waals surface area contributed by atoms with E-state index in [1.807, 2.05) is 37.3 Å². The second-order valence-electron chi connectivity index (χ2n) is 3.37. The minimum atomic E-state index is -0.0160. The van der Waals surface area contributed by atoms with Gasteiger partial charge in [0.15, 0.2) is 0 Å².